The van der Waals surface area contributed by atoms with Crippen LogP contribution in [0.3, 0.4) is 0 Å². The van der Waals surface area contributed by atoms with Crippen molar-refractivity contribution in [3.05, 3.63) is 0 Å². The first-order valence-corrected chi connectivity index (χ1v) is 4.29. The average molecular weight is 157 g/mol. The lowest BCUT2D eigenvalue weighted by Gasteiger charge is -2.03. The molecule has 1 aliphatic rings. The second-order valence-electron chi connectivity index (χ2n) is 4.55. The van der Waals surface area contributed by atoms with Crippen molar-refractivity contribution >= 4 is 0 Å². The molecule has 11 heavy (non-hydrogen) atoms. The summed E-state index contributed by atoms with van der Waals surface area (Å²) in [5.41, 5.74) is 0.782. The van der Waals surface area contributed by atoms with Crippen molar-refractivity contribution in [1.29, 1.82) is 0 Å². The molecule has 2 N–H and O–H groups in total. The maximum absolute atomic E-state index is 8.62. The van der Waals surface area contributed by atoms with Crippen molar-refractivity contribution in [2.24, 2.45) is 10.8 Å². The SMILES string of the molecule is CC1(C)C(NCCO)C1(C)C. The molecule has 0 bridgehead atoms. The zero-order chi connectivity index (χ0) is 8.70. The van der Waals surface area contributed by atoms with Crippen LogP contribution in [-0.4, -0.2) is 24.3 Å². The summed E-state index contributed by atoms with van der Waals surface area (Å²) in [6.45, 7) is 10.0. The lowest BCUT2D eigenvalue weighted by Crippen LogP contribution is -2.25. The third-order valence-electron chi connectivity index (χ3n) is 3.48. The fourth-order valence-corrected chi connectivity index (χ4v) is 1.92. The molecule has 1 rings (SSSR count). The first-order chi connectivity index (χ1) is 4.94. The van der Waals surface area contributed by atoms with E-state index in [2.05, 4.69) is 33.0 Å². The van der Waals surface area contributed by atoms with Gasteiger partial charge < -0.3 is 10.4 Å². The Morgan fingerprint density at radius 1 is 1.18 bits per heavy atom. The van der Waals surface area contributed by atoms with Gasteiger partial charge in [0, 0.05) is 12.6 Å². The normalized spacial score (nSPS) is 27.0. The van der Waals surface area contributed by atoms with Crippen molar-refractivity contribution in [2.45, 2.75) is 33.7 Å². The van der Waals surface area contributed by atoms with Gasteiger partial charge in [-0.15, -0.1) is 0 Å². The molecular weight excluding hydrogens is 138 g/mol. The number of aliphatic hydroxyl groups is 1. The van der Waals surface area contributed by atoms with E-state index in [4.69, 9.17) is 5.11 Å². The van der Waals surface area contributed by atoms with Crippen LogP contribution < -0.4 is 5.32 Å². The zero-order valence-corrected chi connectivity index (χ0v) is 7.94. The minimum absolute atomic E-state index is 0.239. The molecule has 0 aromatic heterocycles. The Balaban J connectivity index is 2.41. The van der Waals surface area contributed by atoms with E-state index in [1.54, 1.807) is 0 Å². The molecule has 0 spiro atoms. The molecule has 0 heterocycles. The molecule has 1 saturated carbocycles. The van der Waals surface area contributed by atoms with Crippen LogP contribution in [0.25, 0.3) is 0 Å². The van der Waals surface area contributed by atoms with E-state index in [-0.39, 0.29) is 6.61 Å². The van der Waals surface area contributed by atoms with Crippen LogP contribution in [0.2, 0.25) is 0 Å². The van der Waals surface area contributed by atoms with Crippen molar-refractivity contribution < 1.29 is 5.11 Å². The fraction of sp³-hybridized carbons (Fsp3) is 1.00. The number of hydrogen-bond acceptors (Lipinski definition) is 2. The van der Waals surface area contributed by atoms with Gasteiger partial charge in [0.1, 0.15) is 0 Å². The molecule has 0 amide bonds. The fourth-order valence-electron chi connectivity index (χ4n) is 1.92. The van der Waals surface area contributed by atoms with E-state index < -0.39 is 0 Å². The second kappa shape index (κ2) is 2.46. The van der Waals surface area contributed by atoms with E-state index in [1.165, 1.54) is 0 Å². The summed E-state index contributed by atoms with van der Waals surface area (Å²) < 4.78 is 0. The summed E-state index contributed by atoms with van der Waals surface area (Å²) in [6, 6.07) is 0.571. The predicted molar refractivity (Wildman–Crippen MR) is 46.4 cm³/mol. The largest absolute Gasteiger partial charge is 0.395 e. The molecule has 0 aromatic carbocycles. The first-order valence-electron chi connectivity index (χ1n) is 4.29. The van der Waals surface area contributed by atoms with Gasteiger partial charge in [0.25, 0.3) is 0 Å². The maximum Gasteiger partial charge on any atom is 0.0556 e. The molecule has 0 atom stereocenters. The minimum Gasteiger partial charge on any atom is -0.395 e. The molecule has 2 heteroatoms. The highest BCUT2D eigenvalue weighted by Crippen LogP contribution is 2.62. The summed E-state index contributed by atoms with van der Waals surface area (Å²) in [7, 11) is 0. The number of nitrogens with one attached hydrogen (secondary N) is 1. The maximum atomic E-state index is 8.62. The Morgan fingerprint density at radius 2 is 1.64 bits per heavy atom. The predicted octanol–water partition coefficient (Wildman–Crippen LogP) is 1.00. The highest BCUT2D eigenvalue weighted by molar-refractivity contribution is 5.17. The van der Waals surface area contributed by atoms with Crippen molar-refractivity contribution in [1.82, 2.24) is 5.32 Å². The Labute approximate surface area is 69.0 Å². The standard InChI is InChI=1S/C9H19NO/c1-8(2)7(9(8,3)4)10-5-6-11/h7,10-11H,5-6H2,1-4H3. The van der Waals surface area contributed by atoms with E-state index in [1.807, 2.05) is 0 Å². The van der Waals surface area contributed by atoms with Crippen LogP contribution in [0.4, 0.5) is 0 Å². The lowest BCUT2D eigenvalue weighted by molar-refractivity contribution is 0.288. The molecule has 0 aliphatic heterocycles. The second-order valence-corrected chi connectivity index (χ2v) is 4.55. The smallest absolute Gasteiger partial charge is 0.0556 e. The van der Waals surface area contributed by atoms with Crippen LogP contribution in [0.5, 0.6) is 0 Å². The quantitative estimate of drug-likeness (QED) is 0.640. The van der Waals surface area contributed by atoms with Crippen LogP contribution >= 0.6 is 0 Å². The van der Waals surface area contributed by atoms with Gasteiger partial charge in [-0.2, -0.15) is 0 Å². The molecule has 0 radical (unpaired) electrons. The summed E-state index contributed by atoms with van der Waals surface area (Å²) in [6.07, 6.45) is 0. The summed E-state index contributed by atoms with van der Waals surface area (Å²) in [4.78, 5) is 0. The van der Waals surface area contributed by atoms with Crippen molar-refractivity contribution in [3.63, 3.8) is 0 Å². The lowest BCUT2D eigenvalue weighted by atomic mass is 10.0. The Bertz CT molecular complexity index is 138. The Morgan fingerprint density at radius 3 is 1.91 bits per heavy atom. The van der Waals surface area contributed by atoms with Gasteiger partial charge in [-0.1, -0.05) is 27.7 Å². The minimum atomic E-state index is 0.239. The van der Waals surface area contributed by atoms with Crippen LogP contribution in [-0.2, 0) is 0 Å². The van der Waals surface area contributed by atoms with Crippen LogP contribution in [0, 0.1) is 10.8 Å². The Kier molecular flexibility index (Phi) is 2.01. The van der Waals surface area contributed by atoms with Gasteiger partial charge in [0.05, 0.1) is 6.61 Å². The van der Waals surface area contributed by atoms with E-state index in [9.17, 15) is 0 Å². The Hall–Kier alpha value is -0.0800. The van der Waals surface area contributed by atoms with Gasteiger partial charge in [0.15, 0.2) is 0 Å². The van der Waals surface area contributed by atoms with E-state index in [0.29, 0.717) is 16.9 Å². The molecular formula is C9H19NO. The van der Waals surface area contributed by atoms with Gasteiger partial charge in [0.2, 0.25) is 0 Å². The summed E-state index contributed by atoms with van der Waals surface area (Å²) in [5, 5.41) is 12.0. The first kappa shape index (κ1) is 9.01. The molecule has 0 saturated heterocycles. The zero-order valence-electron chi connectivity index (χ0n) is 7.94. The summed E-state index contributed by atoms with van der Waals surface area (Å²) in [5.74, 6) is 0. The highest BCUT2D eigenvalue weighted by Gasteiger charge is 2.64. The summed E-state index contributed by atoms with van der Waals surface area (Å²) >= 11 is 0. The number of hydrogen-bond donors (Lipinski definition) is 2. The highest BCUT2D eigenvalue weighted by atomic mass is 16.3. The molecule has 0 unspecified atom stereocenters. The average Bonchev–Trinajstić information content (AvgIpc) is 2.23. The molecule has 1 aliphatic carbocycles. The van der Waals surface area contributed by atoms with Gasteiger partial charge in [-0.05, 0) is 10.8 Å². The van der Waals surface area contributed by atoms with Crippen LogP contribution in [0.15, 0.2) is 0 Å². The topological polar surface area (TPSA) is 32.3 Å². The van der Waals surface area contributed by atoms with Gasteiger partial charge >= 0.3 is 0 Å². The third-order valence-corrected chi connectivity index (χ3v) is 3.48. The number of rotatable bonds is 3. The molecule has 1 fully saturated rings. The third kappa shape index (κ3) is 1.18. The molecule has 66 valence electrons. The van der Waals surface area contributed by atoms with E-state index >= 15 is 0 Å². The van der Waals surface area contributed by atoms with Gasteiger partial charge in [-0.25, -0.2) is 0 Å². The monoisotopic (exact) mass is 157 g/mol. The van der Waals surface area contributed by atoms with Crippen molar-refractivity contribution in [2.75, 3.05) is 13.2 Å². The molecule has 2 nitrogen and oxygen atoms in total. The van der Waals surface area contributed by atoms with Crippen molar-refractivity contribution in [3.8, 4) is 0 Å². The van der Waals surface area contributed by atoms with Gasteiger partial charge in [-0.3, -0.25) is 0 Å². The van der Waals surface area contributed by atoms with Crippen LogP contribution in [0.1, 0.15) is 27.7 Å². The number of aliphatic hydroxyl groups excluding tert-OH is 1. The molecule has 0 aromatic rings. The van der Waals surface area contributed by atoms with E-state index in [0.717, 1.165) is 6.54 Å².